The number of rotatable bonds is 8. The predicted octanol–water partition coefficient (Wildman–Crippen LogP) is 3.93. The van der Waals surface area contributed by atoms with Crippen LogP contribution in [0.15, 0.2) is 54.7 Å². The van der Waals surface area contributed by atoms with E-state index in [1.165, 1.54) is 13.3 Å². The van der Waals surface area contributed by atoms with Gasteiger partial charge in [-0.3, -0.25) is 15.1 Å². The highest BCUT2D eigenvalue weighted by Crippen LogP contribution is 2.33. The normalized spacial score (nSPS) is 10.5. The van der Waals surface area contributed by atoms with Crippen molar-refractivity contribution in [1.29, 1.82) is 0 Å². The summed E-state index contributed by atoms with van der Waals surface area (Å²) in [5, 5.41) is 11.2. The Morgan fingerprint density at radius 3 is 2.66 bits per heavy atom. The molecule has 0 saturated heterocycles. The van der Waals surface area contributed by atoms with E-state index in [1.807, 2.05) is 37.3 Å². The number of nitrogens with zero attached hydrogens (tertiary/aromatic N) is 4. The minimum absolute atomic E-state index is 0.0627. The zero-order chi connectivity index (χ0) is 24.8. The van der Waals surface area contributed by atoms with Crippen LogP contribution in [-0.4, -0.2) is 46.3 Å². The molecule has 0 unspecified atom stereocenters. The first-order valence-electron chi connectivity index (χ1n) is 10.4. The summed E-state index contributed by atoms with van der Waals surface area (Å²) in [7, 11) is 2.87. The smallest absolute Gasteiger partial charge is 0.356 e. The van der Waals surface area contributed by atoms with Crippen molar-refractivity contribution < 1.29 is 23.8 Å². The molecule has 1 N–H and O–H groups in total. The topological polar surface area (TPSA) is 125 Å². The number of hydrogen-bond acceptors (Lipinski definition) is 10. The van der Waals surface area contributed by atoms with Crippen molar-refractivity contribution in [1.82, 2.24) is 20.2 Å². The van der Waals surface area contributed by atoms with Crippen LogP contribution in [0.4, 0.5) is 5.13 Å². The molecule has 0 aliphatic rings. The molecule has 11 heteroatoms. The van der Waals surface area contributed by atoms with E-state index in [0.717, 1.165) is 22.6 Å². The molecule has 3 aromatic heterocycles. The summed E-state index contributed by atoms with van der Waals surface area (Å²) in [6.45, 7) is 1.91. The van der Waals surface area contributed by atoms with E-state index in [9.17, 15) is 9.59 Å². The number of carbonyl (C=O) groups excluding carboxylic acids is 2. The third kappa shape index (κ3) is 5.58. The fourth-order valence-corrected chi connectivity index (χ4v) is 3.82. The molecule has 0 radical (unpaired) electrons. The molecule has 4 rings (SSSR count). The summed E-state index contributed by atoms with van der Waals surface area (Å²) in [6.07, 6.45) is 1.52. The molecule has 0 aliphatic carbocycles. The number of anilines is 1. The maximum Gasteiger partial charge on any atom is 0.356 e. The van der Waals surface area contributed by atoms with E-state index in [2.05, 4.69) is 30.2 Å². The molecule has 0 fully saturated rings. The summed E-state index contributed by atoms with van der Waals surface area (Å²) in [5.41, 5.74) is 3.27. The number of aromatic nitrogens is 4. The predicted molar refractivity (Wildman–Crippen MR) is 129 cm³/mol. The van der Waals surface area contributed by atoms with Gasteiger partial charge in [0.1, 0.15) is 18.1 Å². The molecule has 0 spiro atoms. The van der Waals surface area contributed by atoms with Crippen LogP contribution in [0.2, 0.25) is 0 Å². The number of ether oxygens (including phenoxy) is 3. The van der Waals surface area contributed by atoms with E-state index in [4.69, 9.17) is 9.47 Å². The number of methoxy groups -OCH3 is 2. The molecule has 4 aromatic rings. The van der Waals surface area contributed by atoms with Crippen LogP contribution in [0.5, 0.6) is 10.9 Å². The minimum Gasteiger partial charge on any atom is -0.496 e. The number of carbonyl (C=O) groups is 2. The zero-order valence-electron chi connectivity index (χ0n) is 19.1. The third-order valence-electron chi connectivity index (χ3n) is 4.85. The second-order valence-corrected chi connectivity index (χ2v) is 8.13. The lowest BCUT2D eigenvalue weighted by Gasteiger charge is -2.13. The molecule has 178 valence electrons. The second-order valence-electron chi connectivity index (χ2n) is 7.19. The molecular weight excluding hydrogens is 470 g/mol. The molecule has 0 bridgehead atoms. The number of amides is 1. The highest BCUT2D eigenvalue weighted by molar-refractivity contribution is 7.17. The number of hydrogen-bond donors (Lipinski definition) is 1. The van der Waals surface area contributed by atoms with E-state index >= 15 is 0 Å². The average Bonchev–Trinajstić information content (AvgIpc) is 3.34. The van der Waals surface area contributed by atoms with Crippen molar-refractivity contribution in [2.75, 3.05) is 19.5 Å². The summed E-state index contributed by atoms with van der Waals surface area (Å²) >= 11 is 1.06. The lowest BCUT2D eigenvalue weighted by Crippen LogP contribution is -2.14. The SMILES string of the molecule is COC(=O)c1cccc(COc2nnc(NC(=O)c3cnc(C)cc3-c3ccccc3OC)s2)n1. The van der Waals surface area contributed by atoms with Gasteiger partial charge >= 0.3 is 5.97 Å². The fraction of sp³-hybridized carbons (Fsp3) is 0.167. The van der Waals surface area contributed by atoms with Crippen molar-refractivity contribution in [3.05, 3.63) is 77.4 Å². The summed E-state index contributed by atoms with van der Waals surface area (Å²) in [5.74, 6) is -0.289. The Bertz CT molecular complexity index is 1370. The third-order valence-corrected chi connectivity index (χ3v) is 5.61. The number of aryl methyl sites for hydroxylation is 1. The second kappa shape index (κ2) is 10.7. The Hall–Kier alpha value is -4.38. The number of pyridine rings is 2. The van der Waals surface area contributed by atoms with Gasteiger partial charge in [-0.2, -0.15) is 0 Å². The van der Waals surface area contributed by atoms with Gasteiger partial charge in [-0.05, 0) is 42.5 Å². The van der Waals surface area contributed by atoms with Gasteiger partial charge in [0.15, 0.2) is 0 Å². The largest absolute Gasteiger partial charge is 0.496 e. The standard InChI is InChI=1S/C24H21N5O5S/c1-14-11-17(16-8-4-5-10-20(16)32-2)18(12-25-14)21(30)27-23-28-29-24(35-23)34-13-15-7-6-9-19(26-15)22(31)33-3/h4-12H,13H2,1-3H3,(H,27,28,30). The molecule has 35 heavy (non-hydrogen) atoms. The van der Waals surface area contributed by atoms with Crippen LogP contribution in [0, 0.1) is 6.92 Å². The molecule has 1 aromatic carbocycles. The fourth-order valence-electron chi connectivity index (χ4n) is 3.23. The maximum absolute atomic E-state index is 13.1. The van der Waals surface area contributed by atoms with E-state index in [1.54, 1.807) is 25.3 Å². The number of esters is 1. The van der Waals surface area contributed by atoms with Gasteiger partial charge in [-0.1, -0.05) is 29.4 Å². The minimum atomic E-state index is -0.536. The van der Waals surface area contributed by atoms with Crippen LogP contribution in [-0.2, 0) is 11.3 Å². The van der Waals surface area contributed by atoms with Crippen LogP contribution in [0.3, 0.4) is 0 Å². The van der Waals surface area contributed by atoms with Crippen molar-refractivity contribution in [2.45, 2.75) is 13.5 Å². The Labute approximate surface area is 204 Å². The molecule has 10 nitrogen and oxygen atoms in total. The maximum atomic E-state index is 13.1. The van der Waals surface area contributed by atoms with Gasteiger partial charge in [0.25, 0.3) is 11.1 Å². The van der Waals surface area contributed by atoms with Crippen LogP contribution in [0.1, 0.15) is 32.2 Å². The monoisotopic (exact) mass is 491 g/mol. The summed E-state index contributed by atoms with van der Waals surface area (Å²) < 4.78 is 15.8. The van der Waals surface area contributed by atoms with Crippen molar-refractivity contribution >= 4 is 28.3 Å². The number of nitrogens with one attached hydrogen (secondary N) is 1. The van der Waals surface area contributed by atoms with Gasteiger partial charge in [-0.15, -0.1) is 5.10 Å². The van der Waals surface area contributed by atoms with Crippen molar-refractivity contribution in [3.63, 3.8) is 0 Å². The number of benzene rings is 1. The lowest BCUT2D eigenvalue weighted by molar-refractivity contribution is 0.0593. The number of para-hydroxylation sites is 1. The van der Waals surface area contributed by atoms with Crippen LogP contribution >= 0.6 is 11.3 Å². The Morgan fingerprint density at radius 1 is 1.03 bits per heavy atom. The Balaban J connectivity index is 1.48. The van der Waals surface area contributed by atoms with Crippen molar-refractivity contribution in [3.8, 4) is 22.1 Å². The summed E-state index contributed by atoms with van der Waals surface area (Å²) in [6, 6.07) is 14.2. The van der Waals surface area contributed by atoms with Crippen molar-refractivity contribution in [2.24, 2.45) is 0 Å². The van der Waals surface area contributed by atoms with Gasteiger partial charge in [0.2, 0.25) is 5.13 Å². The highest BCUT2D eigenvalue weighted by Gasteiger charge is 2.19. The first-order valence-corrected chi connectivity index (χ1v) is 11.2. The van der Waals surface area contributed by atoms with Gasteiger partial charge < -0.3 is 14.2 Å². The van der Waals surface area contributed by atoms with E-state index in [0.29, 0.717) is 22.6 Å². The summed E-state index contributed by atoms with van der Waals surface area (Å²) in [4.78, 5) is 33.2. The lowest BCUT2D eigenvalue weighted by atomic mass is 9.99. The molecule has 0 atom stereocenters. The molecule has 0 saturated carbocycles. The van der Waals surface area contributed by atoms with Gasteiger partial charge in [-0.25, -0.2) is 9.78 Å². The molecule has 0 aliphatic heterocycles. The molecule has 1 amide bonds. The first kappa shape index (κ1) is 23.8. The van der Waals surface area contributed by atoms with Crippen LogP contribution in [0.25, 0.3) is 11.1 Å². The quantitative estimate of drug-likeness (QED) is 0.365. The first-order chi connectivity index (χ1) is 17.0. The van der Waals surface area contributed by atoms with Gasteiger partial charge in [0.05, 0.1) is 25.5 Å². The molecule has 3 heterocycles. The zero-order valence-corrected chi connectivity index (χ0v) is 20.0. The van der Waals surface area contributed by atoms with Crippen LogP contribution < -0.4 is 14.8 Å². The average molecular weight is 492 g/mol. The molecular formula is C24H21N5O5S. The highest BCUT2D eigenvalue weighted by atomic mass is 32.1. The Kier molecular flexibility index (Phi) is 7.27. The van der Waals surface area contributed by atoms with Gasteiger partial charge in [0, 0.05) is 23.0 Å². The van der Waals surface area contributed by atoms with E-state index in [-0.39, 0.29) is 22.6 Å². The Morgan fingerprint density at radius 2 is 1.86 bits per heavy atom. The van der Waals surface area contributed by atoms with E-state index < -0.39 is 11.9 Å².